The Morgan fingerprint density at radius 3 is 2.62 bits per heavy atom. The monoisotopic (exact) mass is 300 g/mol. The van der Waals surface area contributed by atoms with Crippen LogP contribution >= 0.6 is 0 Å². The van der Waals surface area contributed by atoms with Gasteiger partial charge in [-0.15, -0.1) is 0 Å². The van der Waals surface area contributed by atoms with Gasteiger partial charge in [0, 0.05) is 19.4 Å². The third kappa shape index (κ3) is 3.18. The van der Waals surface area contributed by atoms with Crippen molar-refractivity contribution in [1.82, 2.24) is 19.7 Å². The van der Waals surface area contributed by atoms with Gasteiger partial charge in [0.2, 0.25) is 0 Å². The number of carbonyl (C=O) groups excluding carboxylic acids is 1. The molecule has 2 heterocycles. The van der Waals surface area contributed by atoms with Crippen molar-refractivity contribution in [3.05, 3.63) is 29.8 Å². The predicted molar refractivity (Wildman–Crippen MR) is 65.2 cm³/mol. The SMILES string of the molecule is CCOC(=O)c1cnc(-c2cnn(C)c2)nc1C(F)(F)F. The molecule has 0 aromatic carbocycles. The van der Waals surface area contributed by atoms with E-state index in [2.05, 4.69) is 19.8 Å². The molecule has 0 amide bonds. The smallest absolute Gasteiger partial charge is 0.434 e. The zero-order valence-corrected chi connectivity index (χ0v) is 11.2. The van der Waals surface area contributed by atoms with E-state index >= 15 is 0 Å². The van der Waals surface area contributed by atoms with Crippen molar-refractivity contribution in [3.63, 3.8) is 0 Å². The summed E-state index contributed by atoms with van der Waals surface area (Å²) < 4.78 is 45.1. The Morgan fingerprint density at radius 1 is 1.38 bits per heavy atom. The van der Waals surface area contributed by atoms with Crippen molar-refractivity contribution in [2.24, 2.45) is 7.05 Å². The van der Waals surface area contributed by atoms with Gasteiger partial charge >= 0.3 is 12.1 Å². The molecule has 0 atom stereocenters. The van der Waals surface area contributed by atoms with E-state index in [0.29, 0.717) is 5.56 Å². The first-order valence-corrected chi connectivity index (χ1v) is 5.93. The van der Waals surface area contributed by atoms with Crippen LogP contribution in [0.15, 0.2) is 18.6 Å². The summed E-state index contributed by atoms with van der Waals surface area (Å²) in [6.07, 6.45) is -1.17. The molecule has 0 aliphatic rings. The highest BCUT2D eigenvalue weighted by molar-refractivity contribution is 5.90. The molecule has 0 aliphatic heterocycles. The van der Waals surface area contributed by atoms with Crippen molar-refractivity contribution in [2.75, 3.05) is 6.61 Å². The summed E-state index contributed by atoms with van der Waals surface area (Å²) in [5, 5.41) is 3.84. The molecule has 2 aromatic heterocycles. The van der Waals surface area contributed by atoms with Gasteiger partial charge in [0.1, 0.15) is 5.56 Å². The average molecular weight is 300 g/mol. The number of hydrogen-bond donors (Lipinski definition) is 0. The van der Waals surface area contributed by atoms with Crippen LogP contribution in [0.3, 0.4) is 0 Å². The van der Waals surface area contributed by atoms with Crippen LogP contribution < -0.4 is 0 Å². The first-order chi connectivity index (χ1) is 9.82. The van der Waals surface area contributed by atoms with Crippen molar-refractivity contribution < 1.29 is 22.7 Å². The van der Waals surface area contributed by atoms with Gasteiger partial charge in [0.05, 0.1) is 18.4 Å². The molecule has 2 rings (SSSR count). The van der Waals surface area contributed by atoms with Crippen LogP contribution in [0.5, 0.6) is 0 Å². The summed E-state index contributed by atoms with van der Waals surface area (Å²) in [6.45, 7) is 1.45. The Morgan fingerprint density at radius 2 is 2.10 bits per heavy atom. The Labute approximate surface area is 117 Å². The van der Waals surface area contributed by atoms with E-state index in [0.717, 1.165) is 6.20 Å². The van der Waals surface area contributed by atoms with Crippen molar-refractivity contribution in [3.8, 4) is 11.4 Å². The van der Waals surface area contributed by atoms with E-state index < -0.39 is 23.4 Å². The molecular weight excluding hydrogens is 289 g/mol. The number of hydrogen-bond acceptors (Lipinski definition) is 5. The topological polar surface area (TPSA) is 69.9 Å². The number of rotatable bonds is 3. The number of aromatic nitrogens is 4. The van der Waals surface area contributed by atoms with Crippen LogP contribution in [-0.4, -0.2) is 32.3 Å². The normalized spacial score (nSPS) is 11.5. The second-order valence-electron chi connectivity index (χ2n) is 4.08. The van der Waals surface area contributed by atoms with E-state index in [1.165, 1.54) is 24.0 Å². The quantitative estimate of drug-likeness (QED) is 0.812. The number of carbonyl (C=O) groups is 1. The molecule has 0 spiro atoms. The number of esters is 1. The zero-order chi connectivity index (χ0) is 15.6. The van der Waals surface area contributed by atoms with Crippen LogP contribution in [0.2, 0.25) is 0 Å². The fourth-order valence-corrected chi connectivity index (χ4v) is 1.63. The molecule has 0 bridgehead atoms. The lowest BCUT2D eigenvalue weighted by molar-refractivity contribution is -0.141. The third-order valence-corrected chi connectivity index (χ3v) is 2.52. The van der Waals surface area contributed by atoms with Crippen LogP contribution in [0, 0.1) is 0 Å². The maximum atomic E-state index is 13.0. The molecule has 0 N–H and O–H groups in total. The standard InChI is InChI=1S/C12H11F3N4O2/c1-3-21-11(20)8-5-16-10(7-4-17-19(2)6-7)18-9(8)12(13,14)15/h4-6H,3H2,1-2H3. The summed E-state index contributed by atoms with van der Waals surface area (Å²) in [5.41, 5.74) is -1.72. The van der Waals surface area contributed by atoms with E-state index in [1.54, 1.807) is 7.05 Å². The third-order valence-electron chi connectivity index (χ3n) is 2.52. The summed E-state index contributed by atoms with van der Waals surface area (Å²) in [5.74, 6) is -1.27. The first kappa shape index (κ1) is 14.9. The molecule has 6 nitrogen and oxygen atoms in total. The fourth-order valence-electron chi connectivity index (χ4n) is 1.63. The molecule has 0 fully saturated rings. The number of halogens is 3. The minimum Gasteiger partial charge on any atom is -0.462 e. The van der Waals surface area contributed by atoms with E-state index in [1.807, 2.05) is 0 Å². The maximum absolute atomic E-state index is 13.0. The largest absolute Gasteiger partial charge is 0.462 e. The first-order valence-electron chi connectivity index (χ1n) is 5.93. The maximum Gasteiger partial charge on any atom is 0.434 e. The van der Waals surface area contributed by atoms with Gasteiger partial charge < -0.3 is 4.74 Å². The van der Waals surface area contributed by atoms with E-state index in [9.17, 15) is 18.0 Å². The summed E-state index contributed by atoms with van der Waals surface area (Å²) in [7, 11) is 1.61. The molecule has 0 aliphatic carbocycles. The van der Waals surface area contributed by atoms with Gasteiger partial charge in [-0.25, -0.2) is 14.8 Å². The molecule has 0 radical (unpaired) electrons. The Balaban J connectivity index is 2.52. The zero-order valence-electron chi connectivity index (χ0n) is 11.2. The van der Waals surface area contributed by atoms with Crippen LogP contribution in [0.1, 0.15) is 23.0 Å². The van der Waals surface area contributed by atoms with Gasteiger partial charge in [-0.2, -0.15) is 18.3 Å². The van der Waals surface area contributed by atoms with E-state index in [4.69, 9.17) is 0 Å². The second kappa shape index (κ2) is 5.51. The summed E-state index contributed by atoms with van der Waals surface area (Å²) in [4.78, 5) is 18.8. The lowest BCUT2D eigenvalue weighted by Gasteiger charge is -2.11. The highest BCUT2D eigenvalue weighted by atomic mass is 19.4. The lowest BCUT2D eigenvalue weighted by atomic mass is 10.2. The van der Waals surface area contributed by atoms with Crippen molar-refractivity contribution in [1.29, 1.82) is 0 Å². The second-order valence-corrected chi connectivity index (χ2v) is 4.08. The van der Waals surface area contributed by atoms with Gasteiger partial charge in [-0.3, -0.25) is 4.68 Å². The van der Waals surface area contributed by atoms with Gasteiger partial charge in [-0.05, 0) is 6.92 Å². The predicted octanol–water partition coefficient (Wildman–Crippen LogP) is 2.07. The van der Waals surface area contributed by atoms with Gasteiger partial charge in [0.15, 0.2) is 11.5 Å². The van der Waals surface area contributed by atoms with Crippen LogP contribution in [0.4, 0.5) is 13.2 Å². The number of aryl methyl sites for hydroxylation is 1. The molecule has 112 valence electrons. The Kier molecular flexibility index (Phi) is 3.92. The Hall–Kier alpha value is -2.45. The van der Waals surface area contributed by atoms with Crippen molar-refractivity contribution >= 4 is 5.97 Å². The highest BCUT2D eigenvalue weighted by Crippen LogP contribution is 2.31. The van der Waals surface area contributed by atoms with Crippen molar-refractivity contribution in [2.45, 2.75) is 13.1 Å². The minimum absolute atomic E-state index is 0.0412. The molecule has 21 heavy (non-hydrogen) atoms. The number of nitrogens with zero attached hydrogens (tertiary/aromatic N) is 4. The fraction of sp³-hybridized carbons (Fsp3) is 0.333. The number of alkyl halides is 3. The molecule has 2 aromatic rings. The molecule has 0 unspecified atom stereocenters. The summed E-state index contributed by atoms with van der Waals surface area (Å²) >= 11 is 0. The lowest BCUT2D eigenvalue weighted by Crippen LogP contribution is -2.18. The molecule has 0 saturated heterocycles. The van der Waals surface area contributed by atoms with E-state index in [-0.39, 0.29) is 12.4 Å². The number of ether oxygens (including phenoxy) is 1. The van der Waals surface area contributed by atoms with Gasteiger partial charge in [0.25, 0.3) is 0 Å². The molecular formula is C12H11F3N4O2. The van der Waals surface area contributed by atoms with Gasteiger partial charge in [-0.1, -0.05) is 0 Å². The Bertz CT molecular complexity index is 667. The summed E-state index contributed by atoms with van der Waals surface area (Å²) in [6, 6.07) is 0. The average Bonchev–Trinajstić information content (AvgIpc) is 2.84. The van der Waals surface area contributed by atoms with Crippen LogP contribution in [-0.2, 0) is 18.0 Å². The van der Waals surface area contributed by atoms with Crippen LogP contribution in [0.25, 0.3) is 11.4 Å². The highest BCUT2D eigenvalue weighted by Gasteiger charge is 2.38. The molecule has 9 heteroatoms. The minimum atomic E-state index is -4.79. The molecule has 0 saturated carbocycles.